The summed E-state index contributed by atoms with van der Waals surface area (Å²) in [5, 5.41) is 9.40. The third-order valence-electron chi connectivity index (χ3n) is 2.68. The van der Waals surface area contributed by atoms with Crippen LogP contribution in [0.15, 0.2) is 22.7 Å². The van der Waals surface area contributed by atoms with Crippen molar-refractivity contribution in [2.24, 2.45) is 0 Å². The molecule has 21 heavy (non-hydrogen) atoms. The predicted molar refractivity (Wildman–Crippen MR) is 83.7 cm³/mol. The lowest BCUT2D eigenvalue weighted by atomic mass is 10.3. The van der Waals surface area contributed by atoms with Crippen LogP contribution in [0.2, 0.25) is 5.02 Å². The van der Waals surface area contributed by atoms with Gasteiger partial charge in [0.05, 0.1) is 4.47 Å². The summed E-state index contributed by atoms with van der Waals surface area (Å²) in [5.41, 5.74) is 0. The molecule has 0 saturated heterocycles. The van der Waals surface area contributed by atoms with E-state index in [1.807, 2.05) is 6.92 Å². The van der Waals surface area contributed by atoms with E-state index in [9.17, 15) is 9.59 Å². The average Bonchev–Trinajstić information content (AvgIpc) is 2.40. The number of ether oxygens (including phenoxy) is 1. The van der Waals surface area contributed by atoms with Gasteiger partial charge in [-0.05, 0) is 47.5 Å². The van der Waals surface area contributed by atoms with Gasteiger partial charge in [0.1, 0.15) is 12.3 Å². The molecule has 0 fully saturated rings. The minimum absolute atomic E-state index is 0.331. The summed E-state index contributed by atoms with van der Waals surface area (Å²) in [4.78, 5) is 24.3. The maximum atomic E-state index is 12.2. The lowest BCUT2D eigenvalue weighted by Crippen LogP contribution is -2.43. The van der Waals surface area contributed by atoms with Crippen molar-refractivity contribution >= 4 is 39.4 Å². The van der Waals surface area contributed by atoms with Gasteiger partial charge >= 0.3 is 5.97 Å². The Hall–Kier alpha value is -1.27. The van der Waals surface area contributed by atoms with Crippen LogP contribution in [0.4, 0.5) is 0 Å². The van der Waals surface area contributed by atoms with Crippen molar-refractivity contribution in [3.8, 4) is 5.75 Å². The van der Waals surface area contributed by atoms with Crippen molar-refractivity contribution in [2.75, 3.05) is 13.1 Å². The van der Waals surface area contributed by atoms with E-state index in [-0.39, 0.29) is 12.5 Å². The van der Waals surface area contributed by atoms with Crippen LogP contribution in [0.1, 0.15) is 20.3 Å². The van der Waals surface area contributed by atoms with Crippen molar-refractivity contribution in [1.29, 1.82) is 0 Å². The largest absolute Gasteiger partial charge is 0.480 e. The highest BCUT2D eigenvalue weighted by Gasteiger charge is 2.23. The van der Waals surface area contributed by atoms with Crippen LogP contribution in [-0.2, 0) is 9.59 Å². The van der Waals surface area contributed by atoms with Gasteiger partial charge in [-0.3, -0.25) is 9.59 Å². The highest BCUT2D eigenvalue weighted by Crippen LogP contribution is 2.28. The first-order valence-electron chi connectivity index (χ1n) is 6.47. The van der Waals surface area contributed by atoms with Crippen molar-refractivity contribution in [3.05, 3.63) is 27.7 Å². The Labute approximate surface area is 137 Å². The predicted octanol–water partition coefficient (Wildman–Crippen LogP) is 3.19. The Kier molecular flexibility index (Phi) is 6.98. The molecule has 1 amide bonds. The van der Waals surface area contributed by atoms with E-state index < -0.39 is 12.1 Å². The number of halogens is 2. The number of amides is 1. The number of benzene rings is 1. The summed E-state index contributed by atoms with van der Waals surface area (Å²) in [6, 6.07) is 4.96. The van der Waals surface area contributed by atoms with Crippen LogP contribution in [0.25, 0.3) is 0 Å². The molecule has 0 saturated carbocycles. The van der Waals surface area contributed by atoms with Gasteiger partial charge in [-0.1, -0.05) is 18.5 Å². The van der Waals surface area contributed by atoms with Crippen LogP contribution in [0.5, 0.6) is 5.75 Å². The third-order valence-corrected chi connectivity index (χ3v) is 3.53. The maximum Gasteiger partial charge on any atom is 0.323 e. The molecule has 1 atom stereocenters. The van der Waals surface area contributed by atoms with Gasteiger partial charge in [0.15, 0.2) is 6.10 Å². The zero-order chi connectivity index (χ0) is 16.0. The Bertz CT molecular complexity index is 524. The number of nitrogens with zero attached hydrogens (tertiary/aromatic N) is 1. The molecule has 0 spiro atoms. The second-order valence-corrected chi connectivity index (χ2v) is 5.78. The average molecular weight is 379 g/mol. The fourth-order valence-electron chi connectivity index (χ4n) is 1.77. The number of rotatable bonds is 7. The first kappa shape index (κ1) is 17.8. The van der Waals surface area contributed by atoms with E-state index in [0.29, 0.717) is 28.2 Å². The summed E-state index contributed by atoms with van der Waals surface area (Å²) in [5.74, 6) is -0.926. The number of aliphatic carboxylic acids is 1. The molecule has 116 valence electrons. The topological polar surface area (TPSA) is 66.8 Å². The van der Waals surface area contributed by atoms with Gasteiger partial charge in [-0.2, -0.15) is 0 Å². The third kappa shape index (κ3) is 5.55. The molecule has 1 aromatic rings. The summed E-state index contributed by atoms with van der Waals surface area (Å²) >= 11 is 9.14. The van der Waals surface area contributed by atoms with Crippen LogP contribution in [0.3, 0.4) is 0 Å². The highest BCUT2D eigenvalue weighted by molar-refractivity contribution is 9.10. The van der Waals surface area contributed by atoms with Crippen molar-refractivity contribution < 1.29 is 19.4 Å². The van der Waals surface area contributed by atoms with Crippen molar-refractivity contribution in [3.63, 3.8) is 0 Å². The maximum absolute atomic E-state index is 12.2. The zero-order valence-electron chi connectivity index (χ0n) is 11.8. The SMILES string of the molecule is CCCN(CC(=O)O)C(=O)C(C)Oc1ccc(Cl)cc1Br. The molecule has 7 heteroatoms. The molecular weight excluding hydrogens is 362 g/mol. The molecule has 0 aliphatic rings. The quantitative estimate of drug-likeness (QED) is 0.791. The molecule has 5 nitrogen and oxygen atoms in total. The molecule has 1 N–H and O–H groups in total. The molecule has 0 radical (unpaired) electrons. The van der Waals surface area contributed by atoms with Crippen LogP contribution in [0, 0.1) is 0 Å². The molecule has 0 bridgehead atoms. The second-order valence-electron chi connectivity index (χ2n) is 4.49. The number of carboxylic acid groups (broad SMARTS) is 1. The first-order valence-corrected chi connectivity index (χ1v) is 7.64. The van der Waals surface area contributed by atoms with Gasteiger partial charge < -0.3 is 14.7 Å². The van der Waals surface area contributed by atoms with Crippen LogP contribution < -0.4 is 4.74 Å². The van der Waals surface area contributed by atoms with E-state index in [1.54, 1.807) is 25.1 Å². The lowest BCUT2D eigenvalue weighted by molar-refractivity contribution is -0.147. The lowest BCUT2D eigenvalue weighted by Gasteiger charge is -2.24. The summed E-state index contributed by atoms with van der Waals surface area (Å²) in [6.07, 6.45) is -0.107. The monoisotopic (exact) mass is 377 g/mol. The zero-order valence-corrected chi connectivity index (χ0v) is 14.1. The summed E-state index contributed by atoms with van der Waals surface area (Å²) < 4.78 is 6.22. The fourth-order valence-corrected chi connectivity index (χ4v) is 2.55. The normalized spacial score (nSPS) is 11.8. The minimum atomic E-state index is -1.04. The van der Waals surface area contributed by atoms with Crippen molar-refractivity contribution in [2.45, 2.75) is 26.4 Å². The minimum Gasteiger partial charge on any atom is -0.480 e. The van der Waals surface area contributed by atoms with E-state index in [1.165, 1.54) is 4.90 Å². The van der Waals surface area contributed by atoms with Crippen LogP contribution >= 0.6 is 27.5 Å². The summed E-state index contributed by atoms with van der Waals surface area (Å²) in [6.45, 7) is 3.51. The Morgan fingerprint density at radius 2 is 2.14 bits per heavy atom. The fraction of sp³-hybridized carbons (Fsp3) is 0.429. The van der Waals surface area contributed by atoms with Gasteiger partial charge in [-0.15, -0.1) is 0 Å². The molecule has 0 aliphatic heterocycles. The molecule has 0 aliphatic carbocycles. The van der Waals surface area contributed by atoms with Gasteiger partial charge in [0.25, 0.3) is 5.91 Å². The molecule has 1 rings (SSSR count). The Morgan fingerprint density at radius 1 is 1.48 bits per heavy atom. The molecule has 0 aromatic heterocycles. The standard InChI is InChI=1S/C14H17BrClNO4/c1-3-6-17(8-13(18)19)14(20)9(2)21-12-5-4-10(16)7-11(12)15/h4-5,7,9H,3,6,8H2,1-2H3,(H,18,19). The smallest absolute Gasteiger partial charge is 0.323 e. The van der Waals surface area contributed by atoms with Crippen LogP contribution in [-0.4, -0.2) is 41.1 Å². The Balaban J connectivity index is 2.78. The number of hydrogen-bond acceptors (Lipinski definition) is 3. The molecule has 1 aromatic carbocycles. The molecular formula is C14H17BrClNO4. The molecule has 0 heterocycles. The number of carbonyl (C=O) groups is 2. The number of carboxylic acids is 1. The first-order chi connectivity index (χ1) is 9.85. The van der Waals surface area contributed by atoms with Gasteiger partial charge in [0.2, 0.25) is 0 Å². The van der Waals surface area contributed by atoms with Crippen molar-refractivity contribution in [1.82, 2.24) is 4.90 Å². The van der Waals surface area contributed by atoms with Gasteiger partial charge in [-0.25, -0.2) is 0 Å². The van der Waals surface area contributed by atoms with E-state index in [0.717, 1.165) is 0 Å². The second kappa shape index (κ2) is 8.24. The highest BCUT2D eigenvalue weighted by atomic mass is 79.9. The van der Waals surface area contributed by atoms with E-state index >= 15 is 0 Å². The Morgan fingerprint density at radius 3 is 2.67 bits per heavy atom. The molecule has 1 unspecified atom stereocenters. The van der Waals surface area contributed by atoms with E-state index in [4.69, 9.17) is 21.4 Å². The number of carbonyl (C=O) groups excluding carboxylic acids is 1. The van der Waals surface area contributed by atoms with Gasteiger partial charge in [0, 0.05) is 11.6 Å². The summed E-state index contributed by atoms with van der Waals surface area (Å²) in [7, 11) is 0. The number of hydrogen-bond donors (Lipinski definition) is 1. The van der Waals surface area contributed by atoms with E-state index in [2.05, 4.69) is 15.9 Å².